The maximum atomic E-state index is 11.9. The van der Waals surface area contributed by atoms with E-state index in [4.69, 9.17) is 0 Å². The number of rotatable bonds is 7. The van der Waals surface area contributed by atoms with Gasteiger partial charge >= 0.3 is 0 Å². The lowest BCUT2D eigenvalue weighted by Gasteiger charge is -2.15. The highest BCUT2D eigenvalue weighted by Gasteiger charge is 2.13. The predicted molar refractivity (Wildman–Crippen MR) is 113 cm³/mol. The number of hydrazone groups is 1. The van der Waals surface area contributed by atoms with Crippen molar-refractivity contribution in [1.82, 2.24) is 15.3 Å². The summed E-state index contributed by atoms with van der Waals surface area (Å²) in [5.74, 6) is -0.382. The van der Waals surface area contributed by atoms with Gasteiger partial charge in [0, 0.05) is 23.5 Å². The Kier molecular flexibility index (Phi) is 7.15. The van der Waals surface area contributed by atoms with Crippen LogP contribution in [0.15, 0.2) is 29.4 Å². The third-order valence-electron chi connectivity index (χ3n) is 4.55. The molecule has 0 unspecified atom stereocenters. The molecule has 0 fully saturated rings. The fourth-order valence-corrected chi connectivity index (χ4v) is 3.16. The lowest BCUT2D eigenvalue weighted by molar-refractivity contribution is -0.129. The lowest BCUT2D eigenvalue weighted by atomic mass is 10.1. The molecule has 2 N–H and O–H groups in total. The van der Waals surface area contributed by atoms with Crippen LogP contribution in [0.5, 0.6) is 0 Å². The van der Waals surface area contributed by atoms with Crippen LogP contribution in [0.2, 0.25) is 0 Å². The molecule has 0 atom stereocenters. The quantitative estimate of drug-likeness (QED) is 0.438. The number of benzene rings is 1. The topological polar surface area (TPSA) is 75.5 Å². The molecular weight excluding hydrogens is 352 g/mol. The van der Waals surface area contributed by atoms with Gasteiger partial charge in [0.1, 0.15) is 6.42 Å². The van der Waals surface area contributed by atoms with Crippen LogP contribution < -0.4 is 10.7 Å². The first-order valence-electron chi connectivity index (χ1n) is 9.54. The Morgan fingerprint density at radius 1 is 1.11 bits per heavy atom. The van der Waals surface area contributed by atoms with E-state index in [0.717, 1.165) is 17.0 Å². The van der Waals surface area contributed by atoms with E-state index in [1.54, 1.807) is 6.21 Å². The van der Waals surface area contributed by atoms with Crippen molar-refractivity contribution in [3.05, 3.63) is 52.3 Å². The van der Waals surface area contributed by atoms with Crippen molar-refractivity contribution in [3.8, 4) is 5.69 Å². The second kappa shape index (κ2) is 9.35. The fraction of sp³-hybridized carbons (Fsp3) is 0.409. The summed E-state index contributed by atoms with van der Waals surface area (Å²) in [6.45, 7) is 12.8. The third kappa shape index (κ3) is 5.31. The summed E-state index contributed by atoms with van der Waals surface area (Å²) in [5.41, 5.74) is 9.06. The Morgan fingerprint density at radius 3 is 2.36 bits per heavy atom. The molecule has 2 amide bonds. The van der Waals surface area contributed by atoms with Gasteiger partial charge in [-0.25, -0.2) is 5.43 Å². The molecule has 0 aliphatic carbocycles. The van der Waals surface area contributed by atoms with E-state index in [1.165, 1.54) is 16.8 Å². The summed E-state index contributed by atoms with van der Waals surface area (Å²) in [5, 5.41) is 6.74. The van der Waals surface area contributed by atoms with Gasteiger partial charge in [0.2, 0.25) is 11.8 Å². The molecule has 0 aliphatic heterocycles. The van der Waals surface area contributed by atoms with Crippen LogP contribution in [0.1, 0.15) is 48.3 Å². The van der Waals surface area contributed by atoms with Crippen LogP contribution in [0.3, 0.4) is 0 Å². The van der Waals surface area contributed by atoms with E-state index in [1.807, 2.05) is 33.8 Å². The van der Waals surface area contributed by atoms with Crippen molar-refractivity contribution in [2.45, 2.75) is 48.0 Å². The Morgan fingerprint density at radius 2 is 1.75 bits per heavy atom. The molecule has 1 aromatic carbocycles. The molecule has 0 bridgehead atoms. The van der Waals surface area contributed by atoms with Crippen molar-refractivity contribution in [2.24, 2.45) is 11.0 Å². The van der Waals surface area contributed by atoms with Crippen molar-refractivity contribution in [2.75, 3.05) is 6.54 Å². The Bertz CT molecular complexity index is 874. The lowest BCUT2D eigenvalue weighted by Crippen LogP contribution is -2.32. The molecule has 2 aromatic rings. The van der Waals surface area contributed by atoms with Gasteiger partial charge in [-0.1, -0.05) is 32.0 Å². The zero-order chi connectivity index (χ0) is 20.8. The molecule has 1 aromatic heterocycles. The molecule has 0 radical (unpaired) electrons. The SMILES string of the molecule is Cc1cccc(C)c1-n1c(C)cc(/C=N/NC(=O)CC(=O)NCC(C)C)c1C. The average Bonchev–Trinajstić information content (AvgIpc) is 2.88. The number of amides is 2. The largest absolute Gasteiger partial charge is 0.355 e. The fourth-order valence-electron chi connectivity index (χ4n) is 3.16. The first kappa shape index (κ1) is 21.4. The summed E-state index contributed by atoms with van der Waals surface area (Å²) in [4.78, 5) is 23.6. The van der Waals surface area contributed by atoms with Gasteiger partial charge < -0.3 is 9.88 Å². The Hall–Kier alpha value is -2.89. The summed E-state index contributed by atoms with van der Waals surface area (Å²) >= 11 is 0. The molecule has 28 heavy (non-hydrogen) atoms. The smallest absolute Gasteiger partial charge is 0.249 e. The molecule has 0 spiro atoms. The minimum Gasteiger partial charge on any atom is -0.355 e. The van der Waals surface area contributed by atoms with Crippen LogP contribution in [0, 0.1) is 33.6 Å². The molecule has 0 saturated heterocycles. The normalized spacial score (nSPS) is 11.2. The van der Waals surface area contributed by atoms with Crippen molar-refractivity contribution < 1.29 is 9.59 Å². The van der Waals surface area contributed by atoms with E-state index in [-0.39, 0.29) is 12.3 Å². The number of para-hydroxylation sites is 1. The molecule has 0 aliphatic rings. The highest BCUT2D eigenvalue weighted by atomic mass is 16.2. The summed E-state index contributed by atoms with van der Waals surface area (Å²) in [6, 6.07) is 8.28. The number of hydrogen-bond donors (Lipinski definition) is 2. The molecule has 2 rings (SSSR count). The molecule has 6 heteroatoms. The number of nitrogens with one attached hydrogen (secondary N) is 2. The van der Waals surface area contributed by atoms with E-state index < -0.39 is 5.91 Å². The van der Waals surface area contributed by atoms with Crippen molar-refractivity contribution in [1.29, 1.82) is 0 Å². The minimum absolute atomic E-state index is 0.231. The first-order valence-corrected chi connectivity index (χ1v) is 9.54. The summed E-state index contributed by atoms with van der Waals surface area (Å²) < 4.78 is 2.20. The number of carbonyl (C=O) groups excluding carboxylic acids is 2. The van der Waals surface area contributed by atoms with Crippen molar-refractivity contribution >= 4 is 18.0 Å². The monoisotopic (exact) mass is 382 g/mol. The van der Waals surface area contributed by atoms with Crippen LogP contribution in [-0.2, 0) is 9.59 Å². The molecular formula is C22H30N4O2. The zero-order valence-electron chi connectivity index (χ0n) is 17.6. The average molecular weight is 383 g/mol. The molecule has 0 saturated carbocycles. The van der Waals surface area contributed by atoms with Crippen LogP contribution >= 0.6 is 0 Å². The number of aryl methyl sites for hydroxylation is 3. The Balaban J connectivity index is 2.08. The van der Waals surface area contributed by atoms with Gasteiger partial charge in [0.25, 0.3) is 0 Å². The van der Waals surface area contributed by atoms with Crippen molar-refractivity contribution in [3.63, 3.8) is 0 Å². The third-order valence-corrected chi connectivity index (χ3v) is 4.55. The van der Waals surface area contributed by atoms with Gasteiger partial charge in [-0.05, 0) is 50.8 Å². The molecule has 6 nitrogen and oxygen atoms in total. The van der Waals surface area contributed by atoms with Crippen LogP contribution in [0.25, 0.3) is 5.69 Å². The standard InChI is InChI=1S/C22H30N4O2/c1-14(2)12-23-20(27)11-21(28)25-24-13-19-10-17(5)26(18(19)6)22-15(3)8-7-9-16(22)4/h7-10,13-14H,11-12H2,1-6H3,(H,23,27)(H,25,28)/b24-13+. The number of hydrogen-bond acceptors (Lipinski definition) is 3. The highest BCUT2D eigenvalue weighted by Crippen LogP contribution is 2.25. The van der Waals surface area contributed by atoms with Gasteiger partial charge in [-0.3, -0.25) is 9.59 Å². The van der Waals surface area contributed by atoms with E-state index in [9.17, 15) is 9.59 Å². The first-order chi connectivity index (χ1) is 13.2. The predicted octanol–water partition coefficient (Wildman–Crippen LogP) is 3.32. The van der Waals surface area contributed by atoms with Gasteiger partial charge in [0.15, 0.2) is 0 Å². The summed E-state index contributed by atoms with van der Waals surface area (Å²) in [7, 11) is 0. The Labute approximate surface area is 167 Å². The van der Waals surface area contributed by atoms with Gasteiger partial charge in [0.05, 0.1) is 11.9 Å². The molecule has 1 heterocycles. The van der Waals surface area contributed by atoms with Crippen LogP contribution in [0.4, 0.5) is 0 Å². The maximum Gasteiger partial charge on any atom is 0.249 e. The maximum absolute atomic E-state index is 11.9. The zero-order valence-corrected chi connectivity index (χ0v) is 17.6. The second-order valence-corrected chi connectivity index (χ2v) is 7.57. The number of aromatic nitrogens is 1. The minimum atomic E-state index is -0.430. The number of nitrogens with zero attached hydrogens (tertiary/aromatic N) is 2. The molecule has 150 valence electrons. The van der Waals surface area contributed by atoms with E-state index >= 15 is 0 Å². The van der Waals surface area contributed by atoms with E-state index in [0.29, 0.717) is 12.5 Å². The number of carbonyl (C=O) groups is 2. The van der Waals surface area contributed by atoms with E-state index in [2.05, 4.69) is 52.5 Å². The van der Waals surface area contributed by atoms with Crippen LogP contribution in [-0.4, -0.2) is 29.1 Å². The summed E-state index contributed by atoms with van der Waals surface area (Å²) in [6.07, 6.45) is 1.39. The second-order valence-electron chi connectivity index (χ2n) is 7.57. The van der Waals surface area contributed by atoms with Gasteiger partial charge in [-0.15, -0.1) is 0 Å². The van der Waals surface area contributed by atoms with Gasteiger partial charge in [-0.2, -0.15) is 5.10 Å². The highest BCUT2D eigenvalue weighted by molar-refractivity contribution is 5.97.